The molecule has 3 aromatic rings. The van der Waals surface area contributed by atoms with Gasteiger partial charge in [0.25, 0.3) is 0 Å². The van der Waals surface area contributed by atoms with Gasteiger partial charge in [0.15, 0.2) is 0 Å². The molecule has 4 heteroatoms. The van der Waals surface area contributed by atoms with Crippen LogP contribution in [-0.2, 0) is 11.3 Å². The molecule has 3 rings (SSSR count). The molecule has 25 heavy (non-hydrogen) atoms. The van der Waals surface area contributed by atoms with Gasteiger partial charge in [0, 0.05) is 23.9 Å². The first-order chi connectivity index (χ1) is 12.2. The number of carbonyl (C=O) groups is 1. The topological polar surface area (TPSA) is 55.1 Å². The van der Waals surface area contributed by atoms with Crippen molar-refractivity contribution in [1.82, 2.24) is 9.55 Å². The van der Waals surface area contributed by atoms with Crippen molar-refractivity contribution in [1.29, 1.82) is 0 Å². The molecule has 0 spiro atoms. The van der Waals surface area contributed by atoms with Gasteiger partial charge in [-0.2, -0.15) is 0 Å². The Morgan fingerprint density at radius 2 is 1.72 bits per heavy atom. The molecule has 0 bridgehead atoms. The van der Waals surface area contributed by atoms with Crippen LogP contribution in [0.2, 0.25) is 0 Å². The van der Waals surface area contributed by atoms with Crippen molar-refractivity contribution in [3.63, 3.8) is 0 Å². The lowest BCUT2D eigenvalue weighted by atomic mass is 10.2. The van der Waals surface area contributed by atoms with Crippen LogP contribution in [0.5, 0.6) is 0 Å². The summed E-state index contributed by atoms with van der Waals surface area (Å²) in [6.07, 6.45) is 4.02. The average molecular weight is 332 g/mol. The van der Waals surface area contributed by atoms with Gasteiger partial charge in [-0.05, 0) is 18.1 Å². The summed E-state index contributed by atoms with van der Waals surface area (Å²) in [7, 11) is 0. The van der Waals surface area contributed by atoms with E-state index < -0.39 is 5.97 Å². The minimum atomic E-state index is -0.902. The van der Waals surface area contributed by atoms with Gasteiger partial charge in [-0.15, -0.1) is 0 Å². The lowest BCUT2D eigenvalue weighted by Gasteiger charge is -2.07. The lowest BCUT2D eigenvalue weighted by molar-refractivity contribution is -0.132. The summed E-state index contributed by atoms with van der Waals surface area (Å²) in [5.74, 6) is -0.0714. The number of benzene rings is 2. The molecular formula is C21H20N2O2. The van der Waals surface area contributed by atoms with Gasteiger partial charge < -0.3 is 9.67 Å². The number of rotatable bonds is 6. The van der Waals surface area contributed by atoms with E-state index in [4.69, 9.17) is 0 Å². The Balaban J connectivity index is 2.04. The van der Waals surface area contributed by atoms with Crippen LogP contribution >= 0.6 is 0 Å². The summed E-state index contributed by atoms with van der Waals surface area (Å²) in [5.41, 5.74) is 3.19. The molecular weight excluding hydrogens is 312 g/mol. The molecule has 0 atom stereocenters. The number of carboxylic acids is 1. The third-order valence-electron chi connectivity index (χ3n) is 4.00. The normalized spacial score (nSPS) is 11.5. The summed E-state index contributed by atoms with van der Waals surface area (Å²) in [5, 5.41) is 9.26. The quantitative estimate of drug-likeness (QED) is 0.677. The molecule has 1 aromatic heterocycles. The van der Waals surface area contributed by atoms with Crippen LogP contribution in [-0.4, -0.2) is 20.6 Å². The van der Waals surface area contributed by atoms with Gasteiger partial charge in [-0.3, -0.25) is 0 Å². The van der Waals surface area contributed by atoms with E-state index in [0.29, 0.717) is 24.2 Å². The van der Waals surface area contributed by atoms with E-state index >= 15 is 0 Å². The van der Waals surface area contributed by atoms with Crippen molar-refractivity contribution in [2.75, 3.05) is 0 Å². The fourth-order valence-corrected chi connectivity index (χ4v) is 2.72. The number of imidazole rings is 1. The lowest BCUT2D eigenvalue weighted by Crippen LogP contribution is -2.00. The Labute approximate surface area is 147 Å². The Morgan fingerprint density at radius 1 is 1.08 bits per heavy atom. The molecule has 1 N–H and O–H groups in total. The summed E-state index contributed by atoms with van der Waals surface area (Å²) in [4.78, 5) is 16.0. The predicted octanol–water partition coefficient (Wildman–Crippen LogP) is 4.48. The van der Waals surface area contributed by atoms with Crippen molar-refractivity contribution < 1.29 is 9.90 Å². The minimum Gasteiger partial charge on any atom is -0.478 e. The van der Waals surface area contributed by atoms with Gasteiger partial charge in [0.05, 0.1) is 5.69 Å². The largest absolute Gasteiger partial charge is 0.478 e. The smallest absolute Gasteiger partial charge is 0.331 e. The Hall–Kier alpha value is -3.14. The molecule has 1 heterocycles. The van der Waals surface area contributed by atoms with Crippen LogP contribution in [0.15, 0.2) is 72.4 Å². The highest BCUT2D eigenvalue weighted by molar-refractivity contribution is 5.91. The maximum atomic E-state index is 11.3. The first-order valence-electron chi connectivity index (χ1n) is 8.27. The highest BCUT2D eigenvalue weighted by Crippen LogP contribution is 2.22. The van der Waals surface area contributed by atoms with Gasteiger partial charge >= 0.3 is 5.97 Å². The molecule has 126 valence electrons. The van der Waals surface area contributed by atoms with Gasteiger partial charge in [-0.25, -0.2) is 9.78 Å². The van der Waals surface area contributed by atoms with Crippen molar-refractivity contribution in [2.24, 2.45) is 0 Å². The molecule has 0 saturated heterocycles. The molecule has 0 aliphatic heterocycles. The van der Waals surface area contributed by atoms with E-state index in [-0.39, 0.29) is 0 Å². The number of hydrogen-bond donors (Lipinski definition) is 1. The van der Waals surface area contributed by atoms with Crippen molar-refractivity contribution in [3.8, 4) is 11.4 Å². The number of nitrogens with zero attached hydrogens (tertiary/aromatic N) is 2. The highest BCUT2D eigenvalue weighted by atomic mass is 16.4. The summed E-state index contributed by atoms with van der Waals surface area (Å²) in [6.45, 7) is 2.51. The van der Waals surface area contributed by atoms with E-state index in [1.807, 2.05) is 61.7 Å². The Kier molecular flexibility index (Phi) is 5.09. The summed E-state index contributed by atoms with van der Waals surface area (Å²) in [6, 6.07) is 20.1. The zero-order chi connectivity index (χ0) is 17.6. The molecule has 2 aromatic carbocycles. The first-order valence-corrected chi connectivity index (χ1v) is 8.27. The fourth-order valence-electron chi connectivity index (χ4n) is 2.72. The van der Waals surface area contributed by atoms with Crippen LogP contribution in [0.3, 0.4) is 0 Å². The maximum absolute atomic E-state index is 11.3. The standard InChI is InChI=1S/C21H20N2O2/c1-2-17(21(24)25)13-19-15-23(14-16-9-5-3-6-10-16)20(22-19)18-11-7-4-8-12-18/h3-13,15H,2,14H2,1H3,(H,24,25). The third-order valence-corrected chi connectivity index (χ3v) is 4.00. The van der Waals surface area contributed by atoms with Crippen molar-refractivity contribution in [2.45, 2.75) is 19.9 Å². The van der Waals surface area contributed by atoms with E-state index in [1.165, 1.54) is 5.56 Å². The van der Waals surface area contributed by atoms with E-state index in [0.717, 1.165) is 11.4 Å². The van der Waals surface area contributed by atoms with E-state index in [1.54, 1.807) is 6.08 Å². The van der Waals surface area contributed by atoms with E-state index in [9.17, 15) is 9.90 Å². The second-order valence-corrected chi connectivity index (χ2v) is 5.80. The van der Waals surface area contributed by atoms with Gasteiger partial charge in [-0.1, -0.05) is 67.6 Å². The SMILES string of the molecule is CCC(=Cc1cn(Cc2ccccc2)c(-c2ccccc2)n1)C(=O)O. The Morgan fingerprint density at radius 3 is 2.32 bits per heavy atom. The molecule has 4 nitrogen and oxygen atoms in total. The molecule has 0 aliphatic rings. The second kappa shape index (κ2) is 7.62. The van der Waals surface area contributed by atoms with E-state index in [2.05, 4.69) is 21.7 Å². The van der Waals surface area contributed by atoms with Crippen LogP contribution in [0, 0.1) is 0 Å². The second-order valence-electron chi connectivity index (χ2n) is 5.80. The zero-order valence-electron chi connectivity index (χ0n) is 14.1. The molecule has 0 saturated carbocycles. The van der Waals surface area contributed by atoms with Gasteiger partial charge in [0.1, 0.15) is 5.82 Å². The fraction of sp³-hybridized carbons (Fsp3) is 0.143. The average Bonchev–Trinajstić information content (AvgIpc) is 3.03. The Bertz CT molecular complexity index is 881. The third kappa shape index (κ3) is 4.04. The number of aliphatic carboxylic acids is 1. The predicted molar refractivity (Wildman–Crippen MR) is 99.1 cm³/mol. The highest BCUT2D eigenvalue weighted by Gasteiger charge is 2.12. The summed E-state index contributed by atoms with van der Waals surface area (Å²) >= 11 is 0. The van der Waals surface area contributed by atoms with Crippen molar-refractivity contribution in [3.05, 3.63) is 83.7 Å². The van der Waals surface area contributed by atoms with Crippen LogP contribution in [0.1, 0.15) is 24.6 Å². The van der Waals surface area contributed by atoms with Crippen LogP contribution in [0.25, 0.3) is 17.5 Å². The number of carboxylic acid groups (broad SMARTS) is 1. The monoisotopic (exact) mass is 332 g/mol. The minimum absolute atomic E-state index is 0.351. The molecule has 0 aliphatic carbocycles. The van der Waals surface area contributed by atoms with Crippen LogP contribution in [0.4, 0.5) is 0 Å². The molecule has 0 amide bonds. The summed E-state index contributed by atoms with van der Waals surface area (Å²) < 4.78 is 2.06. The first kappa shape index (κ1) is 16.7. The molecule has 0 radical (unpaired) electrons. The van der Waals surface area contributed by atoms with Crippen LogP contribution < -0.4 is 0 Å². The molecule has 0 fully saturated rings. The van der Waals surface area contributed by atoms with Gasteiger partial charge in [0.2, 0.25) is 0 Å². The maximum Gasteiger partial charge on any atom is 0.331 e. The number of hydrogen-bond acceptors (Lipinski definition) is 2. The molecule has 0 unspecified atom stereocenters. The number of aromatic nitrogens is 2. The van der Waals surface area contributed by atoms with Crippen molar-refractivity contribution >= 4 is 12.0 Å². The zero-order valence-corrected chi connectivity index (χ0v) is 14.1.